The van der Waals surface area contributed by atoms with Crippen molar-refractivity contribution in [2.75, 3.05) is 13.1 Å². The molecule has 2 fully saturated rings. The SMILES string of the molecule is CC(C)(C)c1cccc(C(=O)N[C@H]2CN3C(N)=NC(CN4C(=O)CCC4=O)[C@@H]4N=C(N)N[C@@]43C2(O)O)c1. The number of carbonyl (C=O) groups excluding carboxylic acids is 3. The Balaban J connectivity index is 1.45. The molecule has 4 heterocycles. The molecule has 37 heavy (non-hydrogen) atoms. The van der Waals surface area contributed by atoms with Gasteiger partial charge in [-0.3, -0.25) is 19.3 Å². The number of carbonyl (C=O) groups is 3. The van der Waals surface area contributed by atoms with Crippen LogP contribution in [-0.2, 0) is 15.0 Å². The Morgan fingerprint density at radius 3 is 2.51 bits per heavy atom. The summed E-state index contributed by atoms with van der Waals surface area (Å²) < 4.78 is 0. The number of nitrogens with two attached hydrogens (primary N) is 2. The van der Waals surface area contributed by atoms with Gasteiger partial charge in [-0.1, -0.05) is 32.9 Å². The van der Waals surface area contributed by atoms with E-state index in [1.54, 1.807) is 18.2 Å². The number of likely N-dealkylation sites (tertiary alicyclic amines) is 1. The van der Waals surface area contributed by atoms with Crippen LogP contribution in [-0.4, -0.2) is 92.3 Å². The summed E-state index contributed by atoms with van der Waals surface area (Å²) in [6.45, 7) is 5.85. The Kier molecular flexibility index (Phi) is 5.50. The normalized spacial score (nSPS) is 30.5. The lowest BCUT2D eigenvalue weighted by Crippen LogP contribution is -2.78. The minimum atomic E-state index is -2.61. The molecule has 4 aliphatic heterocycles. The number of guanidine groups is 2. The number of benzene rings is 1. The topological polar surface area (TPSA) is 199 Å². The number of nitrogens with zero attached hydrogens (tertiary/aromatic N) is 4. The number of hydrogen-bond donors (Lipinski definition) is 6. The quantitative estimate of drug-likeness (QED) is 0.193. The van der Waals surface area contributed by atoms with Crippen LogP contribution in [0.25, 0.3) is 0 Å². The summed E-state index contributed by atoms with van der Waals surface area (Å²) in [6.07, 6.45) is 0.204. The van der Waals surface area contributed by atoms with Crippen molar-refractivity contribution in [3.05, 3.63) is 35.4 Å². The van der Waals surface area contributed by atoms with Gasteiger partial charge in [0, 0.05) is 24.9 Å². The van der Waals surface area contributed by atoms with Crippen molar-refractivity contribution in [3.8, 4) is 0 Å². The van der Waals surface area contributed by atoms with E-state index in [9.17, 15) is 24.6 Å². The van der Waals surface area contributed by atoms with Crippen molar-refractivity contribution in [3.63, 3.8) is 0 Å². The minimum Gasteiger partial charge on any atom is -0.370 e. The smallest absolute Gasteiger partial charge is 0.251 e. The van der Waals surface area contributed by atoms with Crippen molar-refractivity contribution in [1.82, 2.24) is 20.4 Å². The van der Waals surface area contributed by atoms with Crippen LogP contribution in [0, 0.1) is 0 Å². The molecular formula is C24H32N8O5. The van der Waals surface area contributed by atoms with Crippen molar-refractivity contribution in [2.24, 2.45) is 21.5 Å². The summed E-state index contributed by atoms with van der Waals surface area (Å²) in [5.41, 5.74) is 11.6. The zero-order valence-corrected chi connectivity index (χ0v) is 20.9. The third-order valence-electron chi connectivity index (χ3n) is 7.62. The number of imide groups is 1. The van der Waals surface area contributed by atoms with Crippen LogP contribution in [0.5, 0.6) is 0 Å². The Bertz CT molecular complexity index is 1220. The lowest BCUT2D eigenvalue weighted by Gasteiger charge is -2.49. The molecule has 4 aliphatic rings. The first kappa shape index (κ1) is 25.0. The fourth-order valence-corrected chi connectivity index (χ4v) is 5.62. The van der Waals surface area contributed by atoms with Crippen LogP contribution < -0.4 is 22.1 Å². The Hall–Kier alpha value is -3.71. The van der Waals surface area contributed by atoms with Crippen molar-refractivity contribution >= 4 is 29.6 Å². The summed E-state index contributed by atoms with van der Waals surface area (Å²) in [4.78, 5) is 49.0. The maximum Gasteiger partial charge on any atom is 0.251 e. The number of aliphatic imine (C=N–C) groups is 2. The summed E-state index contributed by atoms with van der Waals surface area (Å²) in [7, 11) is 0. The third kappa shape index (κ3) is 3.72. The van der Waals surface area contributed by atoms with E-state index >= 15 is 0 Å². The second-order valence-electron chi connectivity index (χ2n) is 11.0. The summed E-state index contributed by atoms with van der Waals surface area (Å²) in [6, 6.07) is 4.01. The highest BCUT2D eigenvalue weighted by Crippen LogP contribution is 2.45. The Labute approximate surface area is 213 Å². The summed E-state index contributed by atoms with van der Waals surface area (Å²) in [5, 5.41) is 28.7. The van der Waals surface area contributed by atoms with E-state index < -0.39 is 35.5 Å². The van der Waals surface area contributed by atoms with Crippen molar-refractivity contribution in [2.45, 2.75) is 68.6 Å². The lowest BCUT2D eigenvalue weighted by molar-refractivity contribution is -0.230. The maximum absolute atomic E-state index is 13.2. The molecule has 13 nitrogen and oxygen atoms in total. The minimum absolute atomic E-state index is 0.0586. The predicted molar refractivity (Wildman–Crippen MR) is 133 cm³/mol. The van der Waals surface area contributed by atoms with Gasteiger partial charge >= 0.3 is 0 Å². The van der Waals surface area contributed by atoms with Gasteiger partial charge in [0.15, 0.2) is 17.6 Å². The van der Waals surface area contributed by atoms with Crippen LogP contribution >= 0.6 is 0 Å². The average molecular weight is 513 g/mol. The fourth-order valence-electron chi connectivity index (χ4n) is 5.62. The molecule has 0 aliphatic carbocycles. The standard InChI is InChI=1S/C24H32N8O5/c1-22(2,3)13-6-4-5-12(9-13)19(35)28-15-11-32-21(26)27-14(10-31-16(33)7-8-17(31)34)18-23(32,24(15,36)37)30-20(25)29-18/h4-6,9,14-15,18,36-37H,7-8,10-11H2,1-3H3,(H2,26,27)(H,28,35)(H3,25,29,30)/t14?,15-,18-,23-/m0/s1. The maximum atomic E-state index is 13.2. The molecule has 0 saturated carbocycles. The number of hydrogen-bond acceptors (Lipinski definition) is 11. The van der Waals surface area contributed by atoms with Crippen LogP contribution in [0.2, 0.25) is 0 Å². The molecule has 1 spiro atoms. The van der Waals surface area contributed by atoms with Gasteiger partial charge < -0.3 is 37.2 Å². The lowest BCUT2D eigenvalue weighted by atomic mass is 9.84. The van der Waals surface area contributed by atoms with Crippen molar-refractivity contribution in [1.29, 1.82) is 0 Å². The first-order valence-corrected chi connectivity index (χ1v) is 12.2. The number of nitrogens with one attached hydrogen (secondary N) is 2. The van der Waals surface area contributed by atoms with E-state index in [0.29, 0.717) is 5.56 Å². The van der Waals surface area contributed by atoms with Gasteiger partial charge in [0.25, 0.3) is 5.91 Å². The van der Waals surface area contributed by atoms with Gasteiger partial charge in [-0.25, -0.2) is 9.98 Å². The molecule has 1 aromatic carbocycles. The number of aliphatic hydroxyl groups is 2. The third-order valence-corrected chi connectivity index (χ3v) is 7.62. The van der Waals surface area contributed by atoms with E-state index in [1.165, 1.54) is 4.90 Å². The molecule has 4 atom stereocenters. The molecule has 0 radical (unpaired) electrons. The summed E-state index contributed by atoms with van der Waals surface area (Å²) in [5.74, 6) is -3.93. The molecule has 1 aromatic rings. The molecule has 198 valence electrons. The fraction of sp³-hybridized carbons (Fsp3) is 0.542. The average Bonchev–Trinajstić information content (AvgIpc) is 3.41. The van der Waals surface area contributed by atoms with Crippen LogP contribution in [0.15, 0.2) is 34.3 Å². The van der Waals surface area contributed by atoms with E-state index in [2.05, 4.69) is 20.6 Å². The Morgan fingerprint density at radius 1 is 1.19 bits per heavy atom. The summed E-state index contributed by atoms with van der Waals surface area (Å²) >= 11 is 0. The van der Waals surface area contributed by atoms with Crippen LogP contribution in [0.1, 0.15) is 49.5 Å². The molecular weight excluding hydrogens is 480 g/mol. The van der Waals surface area contributed by atoms with Gasteiger partial charge in [-0.2, -0.15) is 0 Å². The molecule has 5 rings (SSSR count). The molecule has 13 heteroatoms. The van der Waals surface area contributed by atoms with Gasteiger partial charge in [-0.05, 0) is 23.1 Å². The highest BCUT2D eigenvalue weighted by Gasteiger charge is 2.73. The molecule has 0 aromatic heterocycles. The van der Waals surface area contributed by atoms with Gasteiger partial charge in [0.2, 0.25) is 17.6 Å². The highest BCUT2D eigenvalue weighted by molar-refractivity contribution is 6.02. The number of amides is 3. The van der Waals surface area contributed by atoms with Crippen LogP contribution in [0.3, 0.4) is 0 Å². The monoisotopic (exact) mass is 512 g/mol. The predicted octanol–water partition coefficient (Wildman–Crippen LogP) is -2.09. The van der Waals surface area contributed by atoms with Gasteiger partial charge in [0.05, 0.1) is 12.6 Å². The van der Waals surface area contributed by atoms with Gasteiger partial charge in [-0.15, -0.1) is 0 Å². The van der Waals surface area contributed by atoms with E-state index in [4.69, 9.17) is 11.5 Å². The molecule has 2 saturated heterocycles. The first-order valence-electron chi connectivity index (χ1n) is 12.2. The van der Waals surface area contributed by atoms with Gasteiger partial charge in [0.1, 0.15) is 12.1 Å². The van der Waals surface area contributed by atoms with E-state index in [-0.39, 0.29) is 55.1 Å². The second-order valence-corrected chi connectivity index (χ2v) is 11.0. The highest BCUT2D eigenvalue weighted by atomic mass is 16.5. The molecule has 0 bridgehead atoms. The van der Waals surface area contributed by atoms with E-state index in [1.807, 2.05) is 26.8 Å². The molecule has 3 amide bonds. The van der Waals surface area contributed by atoms with Crippen LogP contribution in [0.4, 0.5) is 0 Å². The molecule has 8 N–H and O–H groups in total. The first-order chi connectivity index (χ1) is 17.3. The Morgan fingerprint density at radius 2 is 1.86 bits per heavy atom. The van der Waals surface area contributed by atoms with Crippen molar-refractivity contribution < 1.29 is 24.6 Å². The number of rotatable bonds is 4. The van der Waals surface area contributed by atoms with E-state index in [0.717, 1.165) is 10.5 Å². The zero-order valence-electron chi connectivity index (χ0n) is 20.9. The second kappa shape index (κ2) is 8.15. The molecule has 1 unspecified atom stereocenters. The largest absolute Gasteiger partial charge is 0.370 e. The zero-order chi connectivity index (χ0) is 26.9.